The van der Waals surface area contributed by atoms with Crippen molar-refractivity contribution in [1.82, 2.24) is 4.98 Å². The van der Waals surface area contributed by atoms with Gasteiger partial charge in [-0.05, 0) is 30.7 Å². The zero-order chi connectivity index (χ0) is 14.3. The standard InChI is InChI=1S/C16H11Cl2NO/c1-9-5-6-10(17)7-12(9)16(20)13-8-19-15-11(13)3-2-4-14(15)18/h2-8,19H,1H3. The van der Waals surface area contributed by atoms with Crippen LogP contribution in [0, 0.1) is 6.92 Å². The maximum absolute atomic E-state index is 12.7. The molecule has 0 bridgehead atoms. The Morgan fingerprint density at radius 2 is 1.90 bits per heavy atom. The highest BCUT2D eigenvalue weighted by molar-refractivity contribution is 6.36. The lowest BCUT2D eigenvalue weighted by molar-refractivity contribution is 0.104. The van der Waals surface area contributed by atoms with Crippen molar-refractivity contribution < 1.29 is 4.79 Å². The fourth-order valence-corrected chi connectivity index (χ4v) is 2.69. The molecular formula is C16H11Cl2NO. The third-order valence-corrected chi connectivity index (χ3v) is 3.90. The molecule has 0 aliphatic heterocycles. The monoisotopic (exact) mass is 303 g/mol. The normalized spacial score (nSPS) is 10.9. The molecular weight excluding hydrogens is 293 g/mol. The molecule has 1 aromatic heterocycles. The molecule has 0 aliphatic carbocycles. The van der Waals surface area contributed by atoms with Gasteiger partial charge in [0.15, 0.2) is 5.78 Å². The van der Waals surface area contributed by atoms with Gasteiger partial charge < -0.3 is 4.98 Å². The van der Waals surface area contributed by atoms with Gasteiger partial charge in [0.25, 0.3) is 0 Å². The van der Waals surface area contributed by atoms with Gasteiger partial charge in [-0.25, -0.2) is 0 Å². The lowest BCUT2D eigenvalue weighted by atomic mass is 9.99. The first-order valence-corrected chi connectivity index (χ1v) is 6.90. The molecule has 0 aliphatic rings. The molecule has 0 fully saturated rings. The van der Waals surface area contributed by atoms with E-state index in [2.05, 4.69) is 4.98 Å². The lowest BCUT2D eigenvalue weighted by Gasteiger charge is -2.05. The molecule has 20 heavy (non-hydrogen) atoms. The summed E-state index contributed by atoms with van der Waals surface area (Å²) < 4.78 is 0. The average molecular weight is 304 g/mol. The highest BCUT2D eigenvalue weighted by Crippen LogP contribution is 2.28. The van der Waals surface area contributed by atoms with E-state index in [0.29, 0.717) is 21.2 Å². The Morgan fingerprint density at radius 1 is 1.10 bits per heavy atom. The summed E-state index contributed by atoms with van der Waals surface area (Å²) in [5.41, 5.74) is 2.89. The van der Waals surface area contributed by atoms with Crippen LogP contribution < -0.4 is 0 Å². The van der Waals surface area contributed by atoms with Crippen molar-refractivity contribution in [1.29, 1.82) is 0 Å². The molecule has 2 aromatic carbocycles. The molecule has 0 amide bonds. The van der Waals surface area contributed by atoms with Gasteiger partial charge in [-0.15, -0.1) is 0 Å². The minimum absolute atomic E-state index is 0.0569. The van der Waals surface area contributed by atoms with Crippen LogP contribution in [-0.2, 0) is 0 Å². The second-order valence-corrected chi connectivity index (χ2v) is 5.50. The average Bonchev–Trinajstić information content (AvgIpc) is 2.86. The Labute approximate surface area is 126 Å². The summed E-state index contributed by atoms with van der Waals surface area (Å²) in [6.45, 7) is 1.89. The van der Waals surface area contributed by atoms with Gasteiger partial charge >= 0.3 is 0 Å². The number of hydrogen-bond donors (Lipinski definition) is 1. The van der Waals surface area contributed by atoms with Crippen LogP contribution >= 0.6 is 23.2 Å². The van der Waals surface area contributed by atoms with Gasteiger partial charge in [-0.3, -0.25) is 4.79 Å². The number of aromatic amines is 1. The van der Waals surface area contributed by atoms with E-state index in [1.165, 1.54) is 0 Å². The summed E-state index contributed by atoms with van der Waals surface area (Å²) in [7, 11) is 0. The Bertz CT molecular complexity index is 820. The Morgan fingerprint density at radius 3 is 2.70 bits per heavy atom. The molecule has 0 saturated carbocycles. The predicted molar refractivity (Wildman–Crippen MR) is 82.9 cm³/mol. The van der Waals surface area contributed by atoms with Crippen LogP contribution in [0.25, 0.3) is 10.9 Å². The van der Waals surface area contributed by atoms with Gasteiger partial charge in [-0.1, -0.05) is 41.4 Å². The van der Waals surface area contributed by atoms with Gasteiger partial charge in [0, 0.05) is 27.7 Å². The number of rotatable bonds is 2. The topological polar surface area (TPSA) is 32.9 Å². The molecule has 3 aromatic rings. The molecule has 0 radical (unpaired) electrons. The van der Waals surface area contributed by atoms with Crippen LogP contribution in [0.5, 0.6) is 0 Å². The van der Waals surface area contributed by atoms with Crippen molar-refractivity contribution in [3.05, 3.63) is 69.3 Å². The minimum atomic E-state index is -0.0569. The van der Waals surface area contributed by atoms with Gasteiger partial charge in [0.2, 0.25) is 0 Å². The predicted octanol–water partition coefficient (Wildman–Crippen LogP) is 5.01. The number of H-pyrrole nitrogens is 1. The Kier molecular flexibility index (Phi) is 3.28. The number of para-hydroxylation sites is 1. The van der Waals surface area contributed by atoms with Crippen LogP contribution in [0.2, 0.25) is 10.0 Å². The SMILES string of the molecule is Cc1ccc(Cl)cc1C(=O)c1c[nH]c2c(Cl)cccc12. The van der Waals surface area contributed by atoms with Gasteiger partial charge in [0.05, 0.1) is 10.5 Å². The number of nitrogens with one attached hydrogen (secondary N) is 1. The zero-order valence-electron chi connectivity index (χ0n) is 10.7. The summed E-state index contributed by atoms with van der Waals surface area (Å²) in [5, 5.41) is 1.98. The third-order valence-electron chi connectivity index (χ3n) is 3.35. The molecule has 3 rings (SSSR count). The quantitative estimate of drug-likeness (QED) is 0.663. The van der Waals surface area contributed by atoms with Crippen molar-refractivity contribution in [2.24, 2.45) is 0 Å². The lowest BCUT2D eigenvalue weighted by Crippen LogP contribution is -2.02. The molecule has 4 heteroatoms. The number of benzene rings is 2. The number of hydrogen-bond acceptors (Lipinski definition) is 1. The fourth-order valence-electron chi connectivity index (χ4n) is 2.29. The van der Waals surface area contributed by atoms with Crippen molar-refractivity contribution in [2.45, 2.75) is 6.92 Å². The molecule has 0 saturated heterocycles. The minimum Gasteiger partial charge on any atom is -0.359 e. The van der Waals surface area contributed by atoms with Crippen molar-refractivity contribution in [2.75, 3.05) is 0 Å². The van der Waals surface area contributed by atoms with Gasteiger partial charge in [0.1, 0.15) is 0 Å². The number of carbonyl (C=O) groups excluding carboxylic acids is 1. The maximum atomic E-state index is 12.7. The molecule has 1 heterocycles. The van der Waals surface area contributed by atoms with E-state index in [1.807, 2.05) is 25.1 Å². The number of fused-ring (bicyclic) bond motifs is 1. The molecule has 100 valence electrons. The first-order chi connectivity index (χ1) is 9.58. The first-order valence-electron chi connectivity index (χ1n) is 6.14. The Hall–Kier alpha value is -1.77. The van der Waals surface area contributed by atoms with Crippen LogP contribution in [0.3, 0.4) is 0 Å². The molecule has 1 N–H and O–H groups in total. The van der Waals surface area contributed by atoms with E-state index in [0.717, 1.165) is 16.5 Å². The second kappa shape index (κ2) is 4.97. The molecule has 0 unspecified atom stereocenters. The van der Waals surface area contributed by atoms with E-state index in [1.54, 1.807) is 24.4 Å². The number of ketones is 1. The van der Waals surface area contributed by atoms with Crippen LogP contribution in [-0.4, -0.2) is 10.8 Å². The zero-order valence-corrected chi connectivity index (χ0v) is 12.2. The number of carbonyl (C=O) groups is 1. The smallest absolute Gasteiger partial charge is 0.195 e. The maximum Gasteiger partial charge on any atom is 0.195 e. The summed E-state index contributed by atoms with van der Waals surface area (Å²) in [6.07, 6.45) is 1.69. The molecule has 2 nitrogen and oxygen atoms in total. The van der Waals surface area contributed by atoms with E-state index in [-0.39, 0.29) is 5.78 Å². The summed E-state index contributed by atoms with van der Waals surface area (Å²) in [5.74, 6) is -0.0569. The highest BCUT2D eigenvalue weighted by atomic mass is 35.5. The number of aryl methyl sites for hydroxylation is 1. The van der Waals surface area contributed by atoms with E-state index < -0.39 is 0 Å². The van der Waals surface area contributed by atoms with Crippen molar-refractivity contribution in [3.63, 3.8) is 0 Å². The summed E-state index contributed by atoms with van der Waals surface area (Å²) in [4.78, 5) is 15.7. The van der Waals surface area contributed by atoms with E-state index in [4.69, 9.17) is 23.2 Å². The van der Waals surface area contributed by atoms with E-state index >= 15 is 0 Å². The Balaban J connectivity index is 2.18. The second-order valence-electron chi connectivity index (χ2n) is 4.65. The third kappa shape index (κ3) is 2.11. The van der Waals surface area contributed by atoms with Crippen LogP contribution in [0.4, 0.5) is 0 Å². The van der Waals surface area contributed by atoms with Crippen LogP contribution in [0.15, 0.2) is 42.6 Å². The van der Waals surface area contributed by atoms with E-state index in [9.17, 15) is 4.79 Å². The number of halogens is 2. The summed E-state index contributed by atoms with van der Waals surface area (Å²) >= 11 is 12.1. The van der Waals surface area contributed by atoms with Crippen molar-refractivity contribution in [3.8, 4) is 0 Å². The van der Waals surface area contributed by atoms with Crippen molar-refractivity contribution >= 4 is 39.9 Å². The van der Waals surface area contributed by atoms with Gasteiger partial charge in [-0.2, -0.15) is 0 Å². The first kappa shape index (κ1) is 13.2. The van der Waals surface area contributed by atoms with Crippen LogP contribution in [0.1, 0.15) is 21.5 Å². The molecule has 0 atom stereocenters. The fraction of sp³-hybridized carbons (Fsp3) is 0.0625. The largest absolute Gasteiger partial charge is 0.359 e. The highest BCUT2D eigenvalue weighted by Gasteiger charge is 2.17. The summed E-state index contributed by atoms with van der Waals surface area (Å²) in [6, 6.07) is 10.8. The number of aromatic nitrogens is 1. The molecule has 0 spiro atoms.